The minimum absolute atomic E-state index is 0.0891. The van der Waals surface area contributed by atoms with Gasteiger partial charge in [-0.3, -0.25) is 0 Å². The fourth-order valence-corrected chi connectivity index (χ4v) is 6.07. The van der Waals surface area contributed by atoms with Gasteiger partial charge < -0.3 is 0 Å². The lowest BCUT2D eigenvalue weighted by molar-refractivity contribution is 0.600. The Bertz CT molecular complexity index is 355. The van der Waals surface area contributed by atoms with Crippen LogP contribution < -0.4 is 5.30 Å². The molecule has 0 amide bonds. The van der Waals surface area contributed by atoms with Crippen molar-refractivity contribution in [1.29, 1.82) is 0 Å². The Morgan fingerprint density at radius 2 is 0.920 bits per heavy atom. The molecule has 0 unspecified atom stereocenters. The van der Waals surface area contributed by atoms with Crippen LogP contribution in [0.5, 0.6) is 0 Å². The fraction of sp³-hybridized carbons (Fsp3) is 0.750. The molecule has 0 N–H and O–H groups in total. The summed E-state index contributed by atoms with van der Waals surface area (Å²) >= 11 is 0. The number of hydrogen-bond acceptors (Lipinski definition) is 0. The van der Waals surface area contributed by atoms with Gasteiger partial charge in [0.05, 0.1) is 0 Å². The maximum absolute atomic E-state index is 2.38. The first-order valence-electron chi connectivity index (χ1n) is 11.2. The van der Waals surface area contributed by atoms with Crippen LogP contribution in [0, 0.1) is 0 Å². The summed E-state index contributed by atoms with van der Waals surface area (Å²) in [5.41, 5.74) is 0. The summed E-state index contributed by atoms with van der Waals surface area (Å²) in [6, 6.07) is 11.4. The largest absolute Gasteiger partial charge is 0.0753 e. The van der Waals surface area contributed by atoms with Crippen LogP contribution in [0.25, 0.3) is 0 Å². The lowest BCUT2D eigenvalue weighted by atomic mass is 10.1. The van der Waals surface area contributed by atoms with Gasteiger partial charge in [-0.15, -0.1) is 0 Å². The molecule has 0 atom stereocenters. The summed E-state index contributed by atoms with van der Waals surface area (Å²) in [5.74, 6) is 0. The third kappa shape index (κ3) is 12.6. The SMILES string of the molecule is CCCCCCCCCP(CCCCCCCCC)c1ccccc1. The molecule has 0 aromatic heterocycles. The number of hydrogen-bond donors (Lipinski definition) is 0. The highest BCUT2D eigenvalue weighted by Crippen LogP contribution is 2.37. The van der Waals surface area contributed by atoms with Gasteiger partial charge in [0, 0.05) is 0 Å². The standard InChI is InChI=1S/C24H43P/c1-3-5-7-9-11-13-18-22-25(24-20-16-15-17-21-24)23-19-14-12-10-8-6-4-2/h15-17,20-21H,3-14,18-19,22-23H2,1-2H3. The molecule has 0 nitrogen and oxygen atoms in total. The van der Waals surface area contributed by atoms with Crippen LogP contribution >= 0.6 is 7.92 Å². The van der Waals surface area contributed by atoms with Crippen LogP contribution in [0.4, 0.5) is 0 Å². The van der Waals surface area contributed by atoms with E-state index in [4.69, 9.17) is 0 Å². The highest BCUT2D eigenvalue weighted by atomic mass is 31.1. The summed E-state index contributed by atoms with van der Waals surface area (Å²) in [4.78, 5) is 0. The van der Waals surface area contributed by atoms with Crippen molar-refractivity contribution in [3.05, 3.63) is 30.3 Å². The zero-order valence-corrected chi connectivity index (χ0v) is 18.0. The molecule has 0 saturated carbocycles. The van der Waals surface area contributed by atoms with Crippen molar-refractivity contribution in [3.63, 3.8) is 0 Å². The highest BCUT2D eigenvalue weighted by molar-refractivity contribution is 7.65. The summed E-state index contributed by atoms with van der Waals surface area (Å²) in [5, 5.41) is 1.65. The molecule has 25 heavy (non-hydrogen) atoms. The topological polar surface area (TPSA) is 0 Å². The van der Waals surface area contributed by atoms with Crippen LogP contribution in [0.1, 0.15) is 104 Å². The van der Waals surface area contributed by atoms with Crippen LogP contribution in [0.3, 0.4) is 0 Å². The molecule has 1 heteroatoms. The van der Waals surface area contributed by atoms with Crippen molar-refractivity contribution >= 4 is 13.2 Å². The minimum atomic E-state index is 0.0891. The normalized spacial score (nSPS) is 11.3. The summed E-state index contributed by atoms with van der Waals surface area (Å²) in [7, 11) is 0.0891. The van der Waals surface area contributed by atoms with Crippen molar-refractivity contribution in [1.82, 2.24) is 0 Å². The highest BCUT2D eigenvalue weighted by Gasteiger charge is 2.10. The Labute approximate surface area is 160 Å². The third-order valence-corrected chi connectivity index (χ3v) is 7.93. The lowest BCUT2D eigenvalue weighted by Gasteiger charge is -2.18. The average Bonchev–Trinajstić information content (AvgIpc) is 2.65. The number of unbranched alkanes of at least 4 members (excludes halogenated alkanes) is 12. The zero-order valence-electron chi connectivity index (χ0n) is 17.1. The zero-order chi connectivity index (χ0) is 18.0. The van der Waals surface area contributed by atoms with Crippen molar-refractivity contribution < 1.29 is 0 Å². The van der Waals surface area contributed by atoms with Gasteiger partial charge >= 0.3 is 0 Å². The van der Waals surface area contributed by atoms with Gasteiger partial charge in [0.1, 0.15) is 0 Å². The molecule has 1 aromatic rings. The van der Waals surface area contributed by atoms with E-state index in [9.17, 15) is 0 Å². The molecule has 0 heterocycles. The fourth-order valence-electron chi connectivity index (χ4n) is 3.53. The van der Waals surface area contributed by atoms with Crippen LogP contribution in [-0.2, 0) is 0 Å². The van der Waals surface area contributed by atoms with Gasteiger partial charge in [0.25, 0.3) is 0 Å². The molecule has 1 aromatic carbocycles. The Morgan fingerprint density at radius 1 is 0.520 bits per heavy atom. The Kier molecular flexibility index (Phi) is 15.5. The molecule has 0 spiro atoms. The third-order valence-electron chi connectivity index (χ3n) is 5.18. The van der Waals surface area contributed by atoms with Crippen molar-refractivity contribution in [2.24, 2.45) is 0 Å². The van der Waals surface area contributed by atoms with Crippen molar-refractivity contribution in [2.75, 3.05) is 12.3 Å². The van der Waals surface area contributed by atoms with E-state index in [-0.39, 0.29) is 7.92 Å². The Hall–Kier alpha value is -0.350. The van der Waals surface area contributed by atoms with Crippen LogP contribution in [0.15, 0.2) is 30.3 Å². The molecule has 0 radical (unpaired) electrons. The van der Waals surface area contributed by atoms with Gasteiger partial charge in [-0.1, -0.05) is 129 Å². The molecule has 144 valence electrons. The van der Waals surface area contributed by atoms with E-state index < -0.39 is 0 Å². The lowest BCUT2D eigenvalue weighted by Crippen LogP contribution is -2.06. The summed E-state index contributed by atoms with van der Waals surface area (Å²) < 4.78 is 0. The predicted octanol–water partition coefficient (Wildman–Crippen LogP) is 8.30. The van der Waals surface area contributed by atoms with E-state index in [1.807, 2.05) is 0 Å². The van der Waals surface area contributed by atoms with E-state index in [1.54, 1.807) is 5.30 Å². The predicted molar refractivity (Wildman–Crippen MR) is 119 cm³/mol. The average molecular weight is 363 g/mol. The van der Waals surface area contributed by atoms with E-state index in [0.29, 0.717) is 0 Å². The van der Waals surface area contributed by atoms with E-state index in [2.05, 4.69) is 44.2 Å². The quantitative estimate of drug-likeness (QED) is 0.193. The molecule has 0 aliphatic carbocycles. The van der Waals surface area contributed by atoms with Gasteiger partial charge in [-0.2, -0.15) is 0 Å². The molecule has 0 fully saturated rings. The minimum Gasteiger partial charge on any atom is -0.0753 e. The number of rotatable bonds is 17. The second-order valence-electron chi connectivity index (χ2n) is 7.57. The molecule has 0 aliphatic rings. The van der Waals surface area contributed by atoms with E-state index in [0.717, 1.165) is 0 Å². The Balaban J connectivity index is 2.21. The molecule has 0 saturated heterocycles. The van der Waals surface area contributed by atoms with Crippen LogP contribution in [0.2, 0.25) is 0 Å². The Morgan fingerprint density at radius 3 is 1.36 bits per heavy atom. The maximum Gasteiger partial charge on any atom is -0.0240 e. The van der Waals surface area contributed by atoms with Crippen molar-refractivity contribution in [3.8, 4) is 0 Å². The van der Waals surface area contributed by atoms with Crippen LogP contribution in [-0.4, -0.2) is 12.3 Å². The molecule has 0 bridgehead atoms. The smallest absolute Gasteiger partial charge is 0.0240 e. The molecule has 0 aliphatic heterocycles. The monoisotopic (exact) mass is 362 g/mol. The first kappa shape index (κ1) is 22.7. The van der Waals surface area contributed by atoms with Gasteiger partial charge in [-0.05, 0) is 30.5 Å². The molecule has 1 rings (SSSR count). The summed E-state index contributed by atoms with van der Waals surface area (Å²) in [6.45, 7) is 4.60. The summed E-state index contributed by atoms with van der Waals surface area (Å²) in [6.07, 6.45) is 23.0. The number of benzene rings is 1. The molecular weight excluding hydrogens is 319 g/mol. The first-order chi connectivity index (χ1) is 12.4. The van der Waals surface area contributed by atoms with E-state index >= 15 is 0 Å². The van der Waals surface area contributed by atoms with Gasteiger partial charge in [0.15, 0.2) is 0 Å². The maximum atomic E-state index is 2.38. The van der Waals surface area contributed by atoms with E-state index in [1.165, 1.54) is 102 Å². The van der Waals surface area contributed by atoms with Gasteiger partial charge in [-0.25, -0.2) is 0 Å². The second-order valence-corrected chi connectivity index (χ2v) is 10.1. The van der Waals surface area contributed by atoms with Gasteiger partial charge in [0.2, 0.25) is 0 Å². The molecular formula is C24H43P. The first-order valence-corrected chi connectivity index (χ1v) is 12.9. The van der Waals surface area contributed by atoms with Crippen molar-refractivity contribution in [2.45, 2.75) is 104 Å². The second kappa shape index (κ2) is 17.1.